The quantitative estimate of drug-likeness (QED) is 0.300. The van der Waals surface area contributed by atoms with Crippen molar-refractivity contribution in [2.45, 2.75) is 57.9 Å². The minimum atomic E-state index is -0.292. The first-order valence-electron chi connectivity index (χ1n) is 13.2. The third kappa shape index (κ3) is 5.09. The van der Waals surface area contributed by atoms with Gasteiger partial charge in [-0.1, -0.05) is 18.7 Å². The molecular weight excluding hydrogens is 480 g/mol. The van der Waals surface area contributed by atoms with Crippen LogP contribution in [0, 0.1) is 0 Å². The highest BCUT2D eigenvalue weighted by Gasteiger charge is 2.27. The Bertz CT molecular complexity index is 1620. The lowest BCUT2D eigenvalue weighted by Crippen LogP contribution is -2.46. The number of anilines is 3. The third-order valence-electron chi connectivity index (χ3n) is 7.20. The molecule has 10 nitrogen and oxygen atoms in total. The zero-order valence-corrected chi connectivity index (χ0v) is 22.0. The molecule has 1 saturated heterocycles. The molecule has 4 N–H and O–H groups in total. The van der Waals surface area contributed by atoms with Crippen molar-refractivity contribution >= 4 is 35.6 Å². The second-order valence-corrected chi connectivity index (χ2v) is 10.5. The van der Waals surface area contributed by atoms with Crippen LogP contribution >= 0.6 is 0 Å². The Kier molecular flexibility index (Phi) is 6.29. The Hall–Kier alpha value is -3.89. The van der Waals surface area contributed by atoms with E-state index in [9.17, 15) is 4.79 Å². The number of H-pyrrole nitrogens is 2. The van der Waals surface area contributed by atoms with E-state index in [0.717, 1.165) is 43.0 Å². The van der Waals surface area contributed by atoms with E-state index in [4.69, 9.17) is 9.72 Å². The summed E-state index contributed by atoms with van der Waals surface area (Å²) in [6.07, 6.45) is 6.32. The van der Waals surface area contributed by atoms with Crippen molar-refractivity contribution in [3.05, 3.63) is 68.8 Å². The summed E-state index contributed by atoms with van der Waals surface area (Å²) in [5.74, 6) is 1.59. The Morgan fingerprint density at radius 2 is 1.97 bits per heavy atom. The molecule has 2 fully saturated rings. The van der Waals surface area contributed by atoms with Crippen molar-refractivity contribution in [1.82, 2.24) is 29.5 Å². The van der Waals surface area contributed by atoms with Crippen LogP contribution in [0.25, 0.3) is 18.3 Å². The average molecular weight is 515 g/mol. The van der Waals surface area contributed by atoms with Gasteiger partial charge in [0.2, 0.25) is 0 Å². The second kappa shape index (κ2) is 9.77. The number of morpholine rings is 1. The highest BCUT2D eigenvalue weighted by atomic mass is 16.5. The number of benzene rings is 1. The van der Waals surface area contributed by atoms with Gasteiger partial charge < -0.3 is 25.3 Å². The molecule has 10 heteroatoms. The first-order chi connectivity index (χ1) is 18.3. The molecule has 0 amide bonds. The Labute approximate surface area is 220 Å². The molecule has 3 unspecified atom stereocenters. The zero-order chi connectivity index (χ0) is 26.4. The fourth-order valence-electron chi connectivity index (χ4n) is 5.17. The van der Waals surface area contributed by atoms with Crippen molar-refractivity contribution in [1.29, 1.82) is 0 Å². The summed E-state index contributed by atoms with van der Waals surface area (Å²) in [6.45, 7) is 12.3. The molecule has 3 aromatic heterocycles. The number of fused-ring (bicyclic) bond motifs is 1. The van der Waals surface area contributed by atoms with Gasteiger partial charge in [0.1, 0.15) is 11.6 Å². The molecule has 4 heterocycles. The van der Waals surface area contributed by atoms with Gasteiger partial charge in [0.25, 0.3) is 0 Å². The van der Waals surface area contributed by atoms with E-state index in [1.54, 1.807) is 6.20 Å². The summed E-state index contributed by atoms with van der Waals surface area (Å²) in [5.41, 5.74) is 3.38. The van der Waals surface area contributed by atoms with Crippen LogP contribution in [0.2, 0.25) is 0 Å². The van der Waals surface area contributed by atoms with Crippen molar-refractivity contribution in [3.8, 4) is 0 Å². The SMILES string of the molecule is C=c1[nH]c(=O)[nH]/c1=C\c1cnn2c(NC3CC3)cc(Nc3cccc(C(C)N4CC(C)OC(C)C4)c3)nc12. The van der Waals surface area contributed by atoms with Gasteiger partial charge in [-0.15, -0.1) is 0 Å². The number of nitrogens with one attached hydrogen (secondary N) is 4. The van der Waals surface area contributed by atoms with Crippen LogP contribution in [0.5, 0.6) is 0 Å². The second-order valence-electron chi connectivity index (χ2n) is 10.5. The third-order valence-corrected chi connectivity index (χ3v) is 7.20. The number of hydrogen-bond acceptors (Lipinski definition) is 7. The number of rotatable bonds is 7. The lowest BCUT2D eigenvalue weighted by molar-refractivity contribution is -0.0789. The van der Waals surface area contributed by atoms with E-state index < -0.39 is 0 Å². The van der Waals surface area contributed by atoms with Gasteiger partial charge in [-0.3, -0.25) is 4.90 Å². The molecule has 1 aromatic carbocycles. The lowest BCUT2D eigenvalue weighted by atomic mass is 10.0. The van der Waals surface area contributed by atoms with Gasteiger partial charge in [0.15, 0.2) is 5.65 Å². The first kappa shape index (κ1) is 24.4. The van der Waals surface area contributed by atoms with Gasteiger partial charge in [0, 0.05) is 42.5 Å². The highest BCUT2D eigenvalue weighted by molar-refractivity contribution is 5.71. The van der Waals surface area contributed by atoms with Crippen LogP contribution in [0.3, 0.4) is 0 Å². The summed E-state index contributed by atoms with van der Waals surface area (Å²) in [7, 11) is 0. The van der Waals surface area contributed by atoms with Crippen LogP contribution in [-0.4, -0.2) is 60.8 Å². The molecule has 3 atom stereocenters. The van der Waals surface area contributed by atoms with Crippen LogP contribution in [0.4, 0.5) is 17.3 Å². The fourth-order valence-corrected chi connectivity index (χ4v) is 5.17. The van der Waals surface area contributed by atoms with Crippen LogP contribution in [-0.2, 0) is 4.74 Å². The van der Waals surface area contributed by atoms with Gasteiger partial charge in [-0.2, -0.15) is 9.61 Å². The highest BCUT2D eigenvalue weighted by Crippen LogP contribution is 2.30. The van der Waals surface area contributed by atoms with E-state index in [-0.39, 0.29) is 23.9 Å². The number of ether oxygens (including phenoxy) is 1. The predicted octanol–water partition coefficient (Wildman–Crippen LogP) is 2.47. The van der Waals surface area contributed by atoms with Crippen LogP contribution in [0.1, 0.15) is 50.8 Å². The molecule has 0 bridgehead atoms. The number of aromatic amines is 2. The maximum atomic E-state index is 11.7. The average Bonchev–Trinajstić information content (AvgIpc) is 3.51. The van der Waals surface area contributed by atoms with Crippen molar-refractivity contribution in [2.75, 3.05) is 23.7 Å². The molecule has 0 spiro atoms. The van der Waals surface area contributed by atoms with E-state index in [1.165, 1.54) is 5.56 Å². The van der Waals surface area contributed by atoms with E-state index in [2.05, 4.69) is 82.2 Å². The maximum absolute atomic E-state index is 11.7. The van der Waals surface area contributed by atoms with E-state index >= 15 is 0 Å². The summed E-state index contributed by atoms with van der Waals surface area (Å²) in [6, 6.07) is 11.2. The van der Waals surface area contributed by atoms with E-state index in [0.29, 0.717) is 28.2 Å². The molecule has 1 aliphatic carbocycles. The Morgan fingerprint density at radius 1 is 1.18 bits per heavy atom. The molecular formula is C28H34N8O2. The molecule has 1 saturated carbocycles. The van der Waals surface area contributed by atoms with Gasteiger partial charge in [-0.25, -0.2) is 9.78 Å². The van der Waals surface area contributed by atoms with Gasteiger partial charge >= 0.3 is 5.69 Å². The fraction of sp³-hybridized carbons (Fsp3) is 0.393. The molecule has 1 aliphatic heterocycles. The minimum Gasteiger partial charge on any atom is -0.373 e. The van der Waals surface area contributed by atoms with Gasteiger partial charge in [0.05, 0.1) is 29.1 Å². The van der Waals surface area contributed by atoms with Crippen molar-refractivity contribution in [2.24, 2.45) is 0 Å². The monoisotopic (exact) mass is 514 g/mol. The lowest BCUT2D eigenvalue weighted by Gasteiger charge is -2.39. The zero-order valence-electron chi connectivity index (χ0n) is 22.0. The van der Waals surface area contributed by atoms with Crippen molar-refractivity contribution in [3.63, 3.8) is 0 Å². The minimum absolute atomic E-state index is 0.223. The predicted molar refractivity (Wildman–Crippen MR) is 149 cm³/mol. The molecule has 38 heavy (non-hydrogen) atoms. The largest absolute Gasteiger partial charge is 0.373 e. The summed E-state index contributed by atoms with van der Waals surface area (Å²) in [4.78, 5) is 24.5. The Morgan fingerprint density at radius 3 is 2.68 bits per heavy atom. The Balaban J connectivity index is 1.33. The van der Waals surface area contributed by atoms with Crippen LogP contribution < -0.4 is 27.0 Å². The van der Waals surface area contributed by atoms with E-state index in [1.807, 2.05) is 16.7 Å². The van der Waals surface area contributed by atoms with Crippen molar-refractivity contribution < 1.29 is 4.74 Å². The smallest absolute Gasteiger partial charge is 0.323 e. The number of imidazole rings is 1. The number of aromatic nitrogens is 5. The topological polar surface area (TPSA) is 115 Å². The normalized spacial score (nSPS) is 21.6. The number of nitrogens with zero attached hydrogens (tertiary/aromatic N) is 4. The van der Waals surface area contributed by atoms with Crippen LogP contribution in [0.15, 0.2) is 41.3 Å². The summed E-state index contributed by atoms with van der Waals surface area (Å²) < 4.78 is 7.74. The standard InChI is InChI=1S/C28H34N8O2/c1-16-14-35(15-17(2)38-16)19(4)20-6-5-7-23(10-20)31-25-12-26(32-22-8-9-22)36-27(34-25)21(13-29-36)11-24-18(3)30-28(37)33-24/h5-7,10-13,16-17,19,22,32H,3,8-9,14-15H2,1-2,4H3,(H,31,34)(H2,30,33,37)/b24-11-. The molecule has 2 aliphatic rings. The molecule has 4 aromatic rings. The summed E-state index contributed by atoms with van der Waals surface area (Å²) in [5, 5.41) is 12.8. The maximum Gasteiger partial charge on any atom is 0.323 e. The molecule has 6 rings (SSSR count). The number of hydrogen-bond donors (Lipinski definition) is 4. The molecule has 198 valence electrons. The summed E-state index contributed by atoms with van der Waals surface area (Å²) >= 11 is 0. The van der Waals surface area contributed by atoms with Gasteiger partial charge in [-0.05, 0) is 57.4 Å². The molecule has 0 radical (unpaired) electrons. The first-order valence-corrected chi connectivity index (χ1v) is 13.2.